The highest BCUT2D eigenvalue weighted by molar-refractivity contribution is 9.10. The molecule has 188 valence electrons. The Labute approximate surface area is 218 Å². The average molecular weight is 554 g/mol. The number of nitrogens with one attached hydrogen (secondary N) is 2. The molecule has 0 saturated carbocycles. The highest BCUT2D eigenvalue weighted by atomic mass is 79.9. The summed E-state index contributed by atoms with van der Waals surface area (Å²) in [5.74, 6) is -0.333. The van der Waals surface area contributed by atoms with Crippen LogP contribution in [-0.2, 0) is 20.9 Å². The first kappa shape index (κ1) is 25.4. The number of hydrogen-bond donors (Lipinski definition) is 2. The van der Waals surface area contributed by atoms with Gasteiger partial charge in [0.15, 0.2) is 6.61 Å². The van der Waals surface area contributed by atoms with Crippen LogP contribution >= 0.6 is 15.9 Å². The fourth-order valence-electron chi connectivity index (χ4n) is 3.99. The molecule has 1 aromatic heterocycles. The van der Waals surface area contributed by atoms with Gasteiger partial charge in [-0.15, -0.1) is 0 Å². The summed E-state index contributed by atoms with van der Waals surface area (Å²) < 4.78 is 8.49. The number of carbonyl (C=O) groups is 3. The maximum Gasteiger partial charge on any atom is 0.262 e. The zero-order chi connectivity index (χ0) is 25.5. The third-order valence-electron chi connectivity index (χ3n) is 5.93. The van der Waals surface area contributed by atoms with Gasteiger partial charge in [0.2, 0.25) is 11.8 Å². The molecule has 0 aliphatic carbocycles. The van der Waals surface area contributed by atoms with Gasteiger partial charge in [-0.3, -0.25) is 14.4 Å². The highest BCUT2D eigenvalue weighted by Crippen LogP contribution is 2.27. The predicted molar refractivity (Wildman–Crippen MR) is 140 cm³/mol. The molecule has 2 N–H and O–H groups in total. The van der Waals surface area contributed by atoms with E-state index in [2.05, 4.69) is 31.5 Å². The Hall–Kier alpha value is -3.66. The van der Waals surface area contributed by atoms with Gasteiger partial charge in [0.1, 0.15) is 5.75 Å². The summed E-state index contributed by atoms with van der Waals surface area (Å²) in [6, 6.07) is 12.6. The summed E-state index contributed by atoms with van der Waals surface area (Å²) >= 11 is 3.40. The number of carbonyl (C=O) groups excluding carboxylic acids is 3. The van der Waals surface area contributed by atoms with E-state index in [0.717, 1.165) is 28.7 Å². The van der Waals surface area contributed by atoms with E-state index < -0.39 is 0 Å². The number of aromatic nitrogens is 2. The molecule has 2 aromatic carbocycles. The smallest absolute Gasteiger partial charge is 0.262 e. The number of aryl methyl sites for hydroxylation is 2. The molecular weight excluding hydrogens is 526 g/mol. The Morgan fingerprint density at radius 1 is 1.19 bits per heavy atom. The predicted octanol–water partition coefficient (Wildman–Crippen LogP) is 3.53. The molecule has 0 unspecified atom stereocenters. The summed E-state index contributed by atoms with van der Waals surface area (Å²) in [6.45, 7) is 3.43. The normalized spacial score (nSPS) is 15.1. The SMILES string of the molecule is Cc1cc(Br)ccc1NC(=O)COc1ccc(N2C[C@@H](C(=O)NCCCn3ccnc3)CC2=O)cc1. The average Bonchev–Trinajstić information content (AvgIpc) is 3.52. The van der Waals surface area contributed by atoms with Gasteiger partial charge in [-0.2, -0.15) is 0 Å². The molecule has 1 aliphatic heterocycles. The standard InChI is InChI=1S/C26H28BrN5O4/c1-18-13-20(27)3-8-23(18)30-24(33)16-36-22-6-4-21(5-7-22)32-15-19(14-25(32)34)26(35)29-9-2-11-31-12-10-28-17-31/h3-8,10,12-13,17,19H,2,9,11,14-16H2,1H3,(H,29,35)(H,30,33)/t19-/m0/s1. The van der Waals surface area contributed by atoms with Crippen molar-refractivity contribution in [3.8, 4) is 5.75 Å². The first-order valence-corrected chi connectivity index (χ1v) is 12.5. The van der Waals surface area contributed by atoms with Gasteiger partial charge in [-0.25, -0.2) is 4.98 Å². The first-order valence-electron chi connectivity index (χ1n) is 11.7. The number of halogens is 1. The molecule has 0 spiro atoms. The van der Waals surface area contributed by atoms with Gasteiger partial charge in [0.25, 0.3) is 5.91 Å². The van der Waals surface area contributed by atoms with E-state index in [1.165, 1.54) is 0 Å². The first-order chi connectivity index (χ1) is 17.4. The van der Waals surface area contributed by atoms with E-state index in [9.17, 15) is 14.4 Å². The van der Waals surface area contributed by atoms with E-state index in [0.29, 0.717) is 24.5 Å². The highest BCUT2D eigenvalue weighted by Gasteiger charge is 2.34. The third kappa shape index (κ3) is 6.72. The summed E-state index contributed by atoms with van der Waals surface area (Å²) in [5, 5.41) is 5.76. The van der Waals surface area contributed by atoms with Crippen molar-refractivity contribution < 1.29 is 19.1 Å². The fourth-order valence-corrected chi connectivity index (χ4v) is 4.47. The quantitative estimate of drug-likeness (QED) is 0.373. The van der Waals surface area contributed by atoms with Crippen molar-refractivity contribution in [3.63, 3.8) is 0 Å². The van der Waals surface area contributed by atoms with E-state index in [-0.39, 0.29) is 36.7 Å². The van der Waals surface area contributed by atoms with Crippen LogP contribution in [0.3, 0.4) is 0 Å². The van der Waals surface area contributed by atoms with E-state index >= 15 is 0 Å². The number of anilines is 2. The fraction of sp³-hybridized carbons (Fsp3) is 0.308. The Bertz CT molecular complexity index is 1210. The molecule has 10 heteroatoms. The second kappa shape index (κ2) is 11.9. The molecule has 4 rings (SSSR count). The summed E-state index contributed by atoms with van der Waals surface area (Å²) in [7, 11) is 0. The number of amides is 3. The minimum Gasteiger partial charge on any atom is -0.484 e. The Morgan fingerprint density at radius 3 is 2.72 bits per heavy atom. The van der Waals surface area contributed by atoms with E-state index in [1.807, 2.05) is 35.9 Å². The second-order valence-corrected chi connectivity index (χ2v) is 9.56. The lowest BCUT2D eigenvalue weighted by Gasteiger charge is -2.17. The van der Waals surface area contributed by atoms with E-state index in [1.54, 1.807) is 41.7 Å². The molecule has 9 nitrogen and oxygen atoms in total. The number of rotatable bonds is 10. The Balaban J connectivity index is 1.22. The monoisotopic (exact) mass is 553 g/mol. The molecule has 1 aliphatic rings. The molecule has 2 heterocycles. The van der Waals surface area contributed by atoms with Crippen LogP contribution in [0.25, 0.3) is 0 Å². The minimum absolute atomic E-state index is 0.0912. The number of ether oxygens (including phenoxy) is 1. The molecule has 1 fully saturated rings. The van der Waals surface area contributed by atoms with Crippen LogP contribution in [-0.4, -0.2) is 47.0 Å². The summed E-state index contributed by atoms with van der Waals surface area (Å²) in [4.78, 5) is 42.9. The molecule has 1 saturated heterocycles. The van der Waals surface area contributed by atoms with E-state index in [4.69, 9.17) is 4.74 Å². The molecule has 3 amide bonds. The number of nitrogens with zero attached hydrogens (tertiary/aromatic N) is 3. The van der Waals surface area contributed by atoms with Crippen LogP contribution in [0.5, 0.6) is 5.75 Å². The number of benzene rings is 2. The van der Waals surface area contributed by atoms with Crippen LogP contribution in [0.2, 0.25) is 0 Å². The van der Waals surface area contributed by atoms with Gasteiger partial charge < -0.3 is 24.8 Å². The maximum absolute atomic E-state index is 12.5. The molecule has 0 radical (unpaired) electrons. The topological polar surface area (TPSA) is 106 Å². The van der Waals surface area contributed by atoms with Crippen LogP contribution in [0.15, 0.2) is 65.7 Å². The molecule has 0 bridgehead atoms. The van der Waals surface area contributed by atoms with Crippen molar-refractivity contribution in [2.24, 2.45) is 5.92 Å². The lowest BCUT2D eigenvalue weighted by atomic mass is 10.1. The summed E-state index contributed by atoms with van der Waals surface area (Å²) in [5.41, 5.74) is 2.36. The van der Waals surface area contributed by atoms with Crippen molar-refractivity contribution in [1.82, 2.24) is 14.9 Å². The molecule has 36 heavy (non-hydrogen) atoms. The third-order valence-corrected chi connectivity index (χ3v) is 6.42. The van der Waals surface area contributed by atoms with Gasteiger partial charge in [-0.1, -0.05) is 15.9 Å². The molecular formula is C26H28BrN5O4. The summed E-state index contributed by atoms with van der Waals surface area (Å²) in [6.07, 6.45) is 6.31. The zero-order valence-corrected chi connectivity index (χ0v) is 21.5. The van der Waals surface area contributed by atoms with Gasteiger partial charge in [-0.05, 0) is 61.4 Å². The largest absolute Gasteiger partial charge is 0.484 e. The van der Waals surface area contributed by atoms with Crippen LogP contribution in [0.4, 0.5) is 11.4 Å². The van der Waals surface area contributed by atoms with Gasteiger partial charge >= 0.3 is 0 Å². The molecule has 1 atom stereocenters. The Kier molecular flexibility index (Phi) is 8.37. The van der Waals surface area contributed by atoms with Crippen molar-refractivity contribution in [2.75, 3.05) is 29.9 Å². The van der Waals surface area contributed by atoms with Crippen LogP contribution in [0.1, 0.15) is 18.4 Å². The molecule has 3 aromatic rings. The zero-order valence-electron chi connectivity index (χ0n) is 19.9. The lowest BCUT2D eigenvalue weighted by Crippen LogP contribution is -2.33. The van der Waals surface area contributed by atoms with Crippen LogP contribution < -0.4 is 20.3 Å². The Morgan fingerprint density at radius 2 is 2.00 bits per heavy atom. The van der Waals surface area contributed by atoms with Crippen molar-refractivity contribution in [1.29, 1.82) is 0 Å². The minimum atomic E-state index is -0.382. The second-order valence-electron chi connectivity index (χ2n) is 8.64. The van der Waals surface area contributed by atoms with Crippen molar-refractivity contribution in [2.45, 2.75) is 26.3 Å². The van der Waals surface area contributed by atoms with Crippen molar-refractivity contribution >= 4 is 45.0 Å². The van der Waals surface area contributed by atoms with Crippen molar-refractivity contribution in [3.05, 3.63) is 71.2 Å². The number of imidazole rings is 1. The number of hydrogen-bond acceptors (Lipinski definition) is 5. The van der Waals surface area contributed by atoms with Gasteiger partial charge in [0.05, 0.1) is 12.2 Å². The van der Waals surface area contributed by atoms with Crippen LogP contribution in [0, 0.1) is 12.8 Å². The maximum atomic E-state index is 12.5. The van der Waals surface area contributed by atoms with Gasteiger partial charge in [0, 0.05) is 54.3 Å². The lowest BCUT2D eigenvalue weighted by molar-refractivity contribution is -0.126.